The third-order valence-corrected chi connectivity index (χ3v) is 1.95. The molecule has 1 amide bonds. The van der Waals surface area contributed by atoms with E-state index >= 15 is 0 Å². The summed E-state index contributed by atoms with van der Waals surface area (Å²) in [6, 6.07) is 0.340. The van der Waals surface area contributed by atoms with Crippen molar-refractivity contribution >= 4 is 5.91 Å². The highest BCUT2D eigenvalue weighted by Crippen LogP contribution is 2.01. The van der Waals surface area contributed by atoms with E-state index in [1.54, 1.807) is 0 Å². The third kappa shape index (κ3) is 2.19. The normalized spacial score (nSPS) is 31.6. The van der Waals surface area contributed by atoms with Gasteiger partial charge in [-0.25, -0.2) is 0 Å². The summed E-state index contributed by atoms with van der Waals surface area (Å²) >= 11 is 0. The minimum Gasteiger partial charge on any atom is -0.351 e. The van der Waals surface area contributed by atoms with Gasteiger partial charge < -0.3 is 10.6 Å². The van der Waals surface area contributed by atoms with Gasteiger partial charge in [-0.2, -0.15) is 0 Å². The molecular weight excluding hydrogens is 140 g/mol. The van der Waals surface area contributed by atoms with Gasteiger partial charge in [-0.15, -0.1) is 0 Å². The van der Waals surface area contributed by atoms with Crippen LogP contribution in [0.25, 0.3) is 0 Å². The molecule has 64 valence electrons. The minimum atomic E-state index is 0.0520. The molecule has 1 rings (SSSR count). The number of piperazine rings is 1. The molecule has 1 unspecified atom stereocenters. The number of carbonyl (C=O) groups is 1. The zero-order chi connectivity index (χ0) is 8.27. The van der Waals surface area contributed by atoms with Crippen molar-refractivity contribution in [1.29, 1.82) is 0 Å². The summed E-state index contributed by atoms with van der Waals surface area (Å²) in [5, 5.41) is 6.12. The van der Waals surface area contributed by atoms with Crippen molar-refractivity contribution < 1.29 is 4.79 Å². The van der Waals surface area contributed by atoms with Crippen LogP contribution >= 0.6 is 0 Å². The first-order chi connectivity index (χ1) is 5.24. The topological polar surface area (TPSA) is 41.1 Å². The summed E-state index contributed by atoms with van der Waals surface area (Å²) in [5.74, 6) is 0.158. The molecule has 0 spiro atoms. The van der Waals surface area contributed by atoms with Crippen LogP contribution in [0.2, 0.25) is 0 Å². The fourth-order valence-electron chi connectivity index (χ4n) is 1.33. The van der Waals surface area contributed by atoms with E-state index in [9.17, 15) is 4.79 Å². The number of hydrogen-bond acceptors (Lipinski definition) is 2. The first-order valence-electron chi connectivity index (χ1n) is 4.27. The maximum Gasteiger partial charge on any atom is 0.237 e. The fourth-order valence-corrected chi connectivity index (χ4v) is 1.33. The highest BCUT2D eigenvalue weighted by Gasteiger charge is 2.23. The van der Waals surface area contributed by atoms with Gasteiger partial charge in [-0.05, 0) is 13.3 Å². The fraction of sp³-hybridized carbons (Fsp3) is 0.875. The summed E-state index contributed by atoms with van der Waals surface area (Å²) in [6.45, 7) is 5.00. The molecule has 2 N–H and O–H groups in total. The molecule has 1 fully saturated rings. The molecule has 1 aliphatic rings. The summed E-state index contributed by atoms with van der Waals surface area (Å²) in [4.78, 5) is 11.2. The van der Waals surface area contributed by atoms with Gasteiger partial charge in [0, 0.05) is 12.6 Å². The average Bonchev–Trinajstić information content (AvgIpc) is 1.95. The number of rotatable bonds is 2. The van der Waals surface area contributed by atoms with Crippen LogP contribution in [0.5, 0.6) is 0 Å². The molecule has 1 saturated heterocycles. The molecule has 3 heteroatoms. The highest BCUT2D eigenvalue weighted by atomic mass is 16.2. The van der Waals surface area contributed by atoms with E-state index < -0.39 is 0 Å². The Morgan fingerprint density at radius 3 is 2.91 bits per heavy atom. The summed E-state index contributed by atoms with van der Waals surface area (Å²) in [6.07, 6.45) is 2.00. The first-order valence-corrected chi connectivity index (χ1v) is 4.27. The van der Waals surface area contributed by atoms with E-state index in [1.807, 2.05) is 6.92 Å². The molecule has 0 aromatic rings. The first kappa shape index (κ1) is 8.53. The highest BCUT2D eigenvalue weighted by molar-refractivity contribution is 5.82. The van der Waals surface area contributed by atoms with Crippen LogP contribution < -0.4 is 10.6 Å². The smallest absolute Gasteiger partial charge is 0.237 e. The zero-order valence-corrected chi connectivity index (χ0v) is 7.18. The van der Waals surface area contributed by atoms with Gasteiger partial charge in [0.05, 0.1) is 6.04 Å². The standard InChI is InChI=1S/C8H16N2O/c1-3-4-7-8(11)10-6(2)5-9-7/h6-7,9H,3-5H2,1-2H3,(H,10,11)/t6?,7-/m0/s1. The minimum absolute atomic E-state index is 0.0520. The number of amides is 1. The Balaban J connectivity index is 2.38. The molecule has 2 atom stereocenters. The summed E-state index contributed by atoms with van der Waals surface area (Å²) in [7, 11) is 0. The van der Waals surface area contributed by atoms with Gasteiger partial charge in [0.15, 0.2) is 0 Å². The Morgan fingerprint density at radius 1 is 1.64 bits per heavy atom. The Bertz CT molecular complexity index is 147. The second-order valence-corrected chi connectivity index (χ2v) is 3.16. The average molecular weight is 156 g/mol. The van der Waals surface area contributed by atoms with E-state index in [0.717, 1.165) is 19.4 Å². The van der Waals surface area contributed by atoms with Crippen molar-refractivity contribution in [1.82, 2.24) is 10.6 Å². The van der Waals surface area contributed by atoms with Crippen LogP contribution in [0.15, 0.2) is 0 Å². The zero-order valence-electron chi connectivity index (χ0n) is 7.18. The number of carbonyl (C=O) groups excluding carboxylic acids is 1. The molecule has 1 aliphatic heterocycles. The molecule has 3 nitrogen and oxygen atoms in total. The predicted molar refractivity (Wildman–Crippen MR) is 44.3 cm³/mol. The Hall–Kier alpha value is -0.570. The van der Waals surface area contributed by atoms with Crippen LogP contribution in [-0.4, -0.2) is 24.5 Å². The number of nitrogens with one attached hydrogen (secondary N) is 2. The largest absolute Gasteiger partial charge is 0.351 e. The molecular formula is C8H16N2O. The van der Waals surface area contributed by atoms with Gasteiger partial charge in [0.2, 0.25) is 5.91 Å². The molecule has 0 aromatic carbocycles. The SMILES string of the molecule is CCC[C@@H]1NCC(C)NC1=O. The van der Waals surface area contributed by atoms with Crippen molar-refractivity contribution in [2.45, 2.75) is 38.8 Å². The molecule has 0 bridgehead atoms. The van der Waals surface area contributed by atoms with E-state index in [4.69, 9.17) is 0 Å². The Kier molecular flexibility index (Phi) is 2.88. The molecule has 0 aliphatic carbocycles. The van der Waals surface area contributed by atoms with Gasteiger partial charge in [0.1, 0.15) is 0 Å². The third-order valence-electron chi connectivity index (χ3n) is 1.95. The number of hydrogen-bond donors (Lipinski definition) is 2. The molecule has 0 aromatic heterocycles. The molecule has 1 heterocycles. The van der Waals surface area contributed by atoms with E-state index in [-0.39, 0.29) is 18.0 Å². The Labute approximate surface area is 67.5 Å². The lowest BCUT2D eigenvalue weighted by molar-refractivity contribution is -0.125. The molecule has 0 saturated carbocycles. The van der Waals surface area contributed by atoms with Gasteiger partial charge in [0.25, 0.3) is 0 Å². The van der Waals surface area contributed by atoms with Crippen molar-refractivity contribution in [3.8, 4) is 0 Å². The van der Waals surface area contributed by atoms with E-state index in [0.29, 0.717) is 0 Å². The van der Waals surface area contributed by atoms with Crippen LogP contribution in [0, 0.1) is 0 Å². The van der Waals surface area contributed by atoms with Crippen LogP contribution in [0.4, 0.5) is 0 Å². The van der Waals surface area contributed by atoms with Gasteiger partial charge >= 0.3 is 0 Å². The summed E-state index contributed by atoms with van der Waals surface area (Å²) in [5.41, 5.74) is 0. The monoisotopic (exact) mass is 156 g/mol. The van der Waals surface area contributed by atoms with Crippen LogP contribution in [0.1, 0.15) is 26.7 Å². The van der Waals surface area contributed by atoms with Crippen LogP contribution in [-0.2, 0) is 4.79 Å². The maximum atomic E-state index is 11.2. The predicted octanol–water partition coefficient (Wildman–Crippen LogP) is 0.263. The van der Waals surface area contributed by atoms with E-state index in [2.05, 4.69) is 17.6 Å². The van der Waals surface area contributed by atoms with Crippen molar-refractivity contribution in [3.05, 3.63) is 0 Å². The quantitative estimate of drug-likeness (QED) is 0.602. The summed E-state index contributed by atoms with van der Waals surface area (Å²) < 4.78 is 0. The lowest BCUT2D eigenvalue weighted by Crippen LogP contribution is -2.57. The second kappa shape index (κ2) is 3.72. The lowest BCUT2D eigenvalue weighted by Gasteiger charge is -2.27. The molecule has 0 radical (unpaired) electrons. The van der Waals surface area contributed by atoms with Gasteiger partial charge in [-0.1, -0.05) is 13.3 Å². The van der Waals surface area contributed by atoms with Crippen LogP contribution in [0.3, 0.4) is 0 Å². The lowest BCUT2D eigenvalue weighted by atomic mass is 10.1. The second-order valence-electron chi connectivity index (χ2n) is 3.16. The van der Waals surface area contributed by atoms with Gasteiger partial charge in [-0.3, -0.25) is 4.79 Å². The molecule has 11 heavy (non-hydrogen) atoms. The van der Waals surface area contributed by atoms with Crippen molar-refractivity contribution in [3.63, 3.8) is 0 Å². The van der Waals surface area contributed by atoms with Crippen molar-refractivity contribution in [2.75, 3.05) is 6.54 Å². The van der Waals surface area contributed by atoms with Crippen molar-refractivity contribution in [2.24, 2.45) is 0 Å². The maximum absolute atomic E-state index is 11.2. The van der Waals surface area contributed by atoms with E-state index in [1.165, 1.54) is 0 Å². The Morgan fingerprint density at radius 2 is 2.36 bits per heavy atom.